The van der Waals surface area contributed by atoms with Crippen LogP contribution in [0.3, 0.4) is 0 Å². The molecule has 1 aromatic heterocycles. The third kappa shape index (κ3) is 2.90. The minimum absolute atomic E-state index is 0.185. The fraction of sp³-hybridized carbons (Fsp3) is 0.286. The number of nitrogens with one attached hydrogen (secondary N) is 1. The second-order valence-corrected chi connectivity index (χ2v) is 4.17. The molecule has 0 bridgehead atoms. The SMILES string of the molecule is COc1cccc(CNC(=O)c2cc(C)no2)c1OC. The summed E-state index contributed by atoms with van der Waals surface area (Å²) in [6, 6.07) is 7.07. The summed E-state index contributed by atoms with van der Waals surface area (Å²) >= 11 is 0. The number of aryl methyl sites for hydroxylation is 1. The van der Waals surface area contributed by atoms with E-state index < -0.39 is 0 Å². The van der Waals surface area contributed by atoms with Gasteiger partial charge < -0.3 is 19.3 Å². The summed E-state index contributed by atoms with van der Waals surface area (Å²) in [5.41, 5.74) is 1.48. The lowest BCUT2D eigenvalue weighted by Gasteiger charge is -2.12. The van der Waals surface area contributed by atoms with Gasteiger partial charge in [-0.05, 0) is 13.0 Å². The summed E-state index contributed by atoms with van der Waals surface area (Å²) in [4.78, 5) is 11.9. The molecule has 1 heterocycles. The highest BCUT2D eigenvalue weighted by atomic mass is 16.5. The van der Waals surface area contributed by atoms with Crippen molar-refractivity contribution in [1.29, 1.82) is 0 Å². The Morgan fingerprint density at radius 3 is 2.75 bits per heavy atom. The number of rotatable bonds is 5. The van der Waals surface area contributed by atoms with Gasteiger partial charge in [0, 0.05) is 18.2 Å². The average Bonchev–Trinajstić information content (AvgIpc) is 2.90. The van der Waals surface area contributed by atoms with Crippen LogP contribution in [0.1, 0.15) is 21.8 Å². The average molecular weight is 276 g/mol. The largest absolute Gasteiger partial charge is 0.493 e. The first-order valence-corrected chi connectivity index (χ1v) is 6.07. The van der Waals surface area contributed by atoms with E-state index >= 15 is 0 Å². The normalized spacial score (nSPS) is 10.2. The molecule has 0 aliphatic rings. The van der Waals surface area contributed by atoms with Crippen molar-refractivity contribution >= 4 is 5.91 Å². The molecule has 0 saturated heterocycles. The fourth-order valence-electron chi connectivity index (χ4n) is 1.83. The smallest absolute Gasteiger partial charge is 0.290 e. The van der Waals surface area contributed by atoms with Gasteiger partial charge in [0.25, 0.3) is 5.91 Å². The summed E-state index contributed by atoms with van der Waals surface area (Å²) in [5.74, 6) is 1.08. The monoisotopic (exact) mass is 276 g/mol. The molecule has 20 heavy (non-hydrogen) atoms. The molecule has 1 aromatic carbocycles. The van der Waals surface area contributed by atoms with Gasteiger partial charge in [-0.3, -0.25) is 4.79 Å². The van der Waals surface area contributed by atoms with Crippen LogP contribution in [0.4, 0.5) is 0 Å². The molecule has 6 nitrogen and oxygen atoms in total. The number of amides is 1. The molecule has 0 unspecified atom stereocenters. The first kappa shape index (κ1) is 13.9. The Kier molecular flexibility index (Phi) is 4.24. The number of benzene rings is 1. The summed E-state index contributed by atoms with van der Waals surface area (Å²) in [6.45, 7) is 2.06. The number of carbonyl (C=O) groups excluding carboxylic acids is 1. The number of para-hydroxylation sites is 1. The van der Waals surface area contributed by atoms with Crippen molar-refractivity contribution in [2.45, 2.75) is 13.5 Å². The predicted molar refractivity (Wildman–Crippen MR) is 72.0 cm³/mol. The molecule has 0 atom stereocenters. The molecule has 1 amide bonds. The Bertz CT molecular complexity index is 607. The van der Waals surface area contributed by atoms with E-state index in [1.807, 2.05) is 12.1 Å². The lowest BCUT2D eigenvalue weighted by atomic mass is 10.2. The maximum absolute atomic E-state index is 11.9. The van der Waals surface area contributed by atoms with Crippen molar-refractivity contribution in [3.8, 4) is 11.5 Å². The summed E-state index contributed by atoms with van der Waals surface area (Å²) in [6.07, 6.45) is 0. The van der Waals surface area contributed by atoms with Crippen LogP contribution in [0, 0.1) is 6.92 Å². The molecule has 1 N–H and O–H groups in total. The predicted octanol–water partition coefficient (Wildman–Crippen LogP) is 1.93. The van der Waals surface area contributed by atoms with Gasteiger partial charge in [0.15, 0.2) is 11.5 Å². The van der Waals surface area contributed by atoms with Crippen LogP contribution in [0.25, 0.3) is 0 Å². The summed E-state index contributed by atoms with van der Waals surface area (Å²) in [7, 11) is 3.13. The summed E-state index contributed by atoms with van der Waals surface area (Å²) < 4.78 is 15.4. The van der Waals surface area contributed by atoms with Gasteiger partial charge >= 0.3 is 0 Å². The van der Waals surface area contributed by atoms with Crippen molar-refractivity contribution in [2.75, 3.05) is 14.2 Å². The Hall–Kier alpha value is -2.50. The van der Waals surface area contributed by atoms with Gasteiger partial charge in [0.05, 0.1) is 19.9 Å². The van der Waals surface area contributed by atoms with Gasteiger partial charge in [-0.2, -0.15) is 0 Å². The molecule has 0 saturated carbocycles. The Morgan fingerprint density at radius 2 is 2.15 bits per heavy atom. The van der Waals surface area contributed by atoms with Gasteiger partial charge in [-0.15, -0.1) is 0 Å². The van der Waals surface area contributed by atoms with Crippen LogP contribution in [0.5, 0.6) is 11.5 Å². The molecule has 6 heteroatoms. The standard InChI is InChI=1S/C14H16N2O4/c1-9-7-12(20-16-9)14(17)15-8-10-5-4-6-11(18-2)13(10)19-3/h4-7H,8H2,1-3H3,(H,15,17). The third-order valence-corrected chi connectivity index (χ3v) is 2.78. The topological polar surface area (TPSA) is 73.6 Å². The van der Waals surface area contributed by atoms with Crippen LogP contribution in [0.15, 0.2) is 28.8 Å². The maximum Gasteiger partial charge on any atom is 0.290 e. The number of hydrogen-bond donors (Lipinski definition) is 1. The molecule has 0 aliphatic carbocycles. The highest BCUT2D eigenvalue weighted by Gasteiger charge is 2.14. The second kappa shape index (κ2) is 6.10. The van der Waals surface area contributed by atoms with Crippen LogP contribution in [-0.2, 0) is 6.54 Å². The van der Waals surface area contributed by atoms with E-state index in [0.717, 1.165) is 5.56 Å². The maximum atomic E-state index is 11.9. The molecule has 106 valence electrons. The molecule has 0 fully saturated rings. The van der Waals surface area contributed by atoms with E-state index in [2.05, 4.69) is 10.5 Å². The zero-order chi connectivity index (χ0) is 14.5. The molecule has 0 spiro atoms. The van der Waals surface area contributed by atoms with E-state index in [4.69, 9.17) is 14.0 Å². The van der Waals surface area contributed by atoms with E-state index in [-0.39, 0.29) is 11.7 Å². The van der Waals surface area contributed by atoms with Gasteiger partial charge in [-0.1, -0.05) is 17.3 Å². The fourth-order valence-corrected chi connectivity index (χ4v) is 1.83. The summed E-state index contributed by atoms with van der Waals surface area (Å²) in [5, 5.41) is 6.42. The highest BCUT2D eigenvalue weighted by Crippen LogP contribution is 2.30. The molecule has 2 rings (SSSR count). The Balaban J connectivity index is 2.09. The van der Waals surface area contributed by atoms with Crippen molar-refractivity contribution in [1.82, 2.24) is 10.5 Å². The van der Waals surface area contributed by atoms with E-state index in [9.17, 15) is 4.79 Å². The molecule has 0 aliphatic heterocycles. The number of ether oxygens (including phenoxy) is 2. The lowest BCUT2D eigenvalue weighted by molar-refractivity contribution is 0.0913. The number of nitrogens with zero attached hydrogens (tertiary/aromatic N) is 1. The van der Waals surface area contributed by atoms with Crippen molar-refractivity contribution in [3.63, 3.8) is 0 Å². The first-order valence-electron chi connectivity index (χ1n) is 6.07. The minimum Gasteiger partial charge on any atom is -0.493 e. The quantitative estimate of drug-likeness (QED) is 0.903. The van der Waals surface area contributed by atoms with Crippen LogP contribution >= 0.6 is 0 Å². The first-order chi connectivity index (χ1) is 9.65. The zero-order valence-electron chi connectivity index (χ0n) is 11.6. The van der Waals surface area contributed by atoms with Crippen molar-refractivity contribution < 1.29 is 18.8 Å². The van der Waals surface area contributed by atoms with Crippen LogP contribution in [-0.4, -0.2) is 25.3 Å². The van der Waals surface area contributed by atoms with E-state index in [1.165, 1.54) is 0 Å². The van der Waals surface area contributed by atoms with E-state index in [1.54, 1.807) is 33.3 Å². The number of aromatic nitrogens is 1. The van der Waals surface area contributed by atoms with Gasteiger partial charge in [0.1, 0.15) is 0 Å². The molecule has 0 radical (unpaired) electrons. The number of methoxy groups -OCH3 is 2. The lowest BCUT2D eigenvalue weighted by Crippen LogP contribution is -2.22. The zero-order valence-corrected chi connectivity index (χ0v) is 11.6. The van der Waals surface area contributed by atoms with Gasteiger partial charge in [0.2, 0.25) is 5.76 Å². The van der Waals surface area contributed by atoms with Crippen LogP contribution in [0.2, 0.25) is 0 Å². The second-order valence-electron chi connectivity index (χ2n) is 4.17. The Labute approximate surface area is 116 Å². The Morgan fingerprint density at radius 1 is 1.35 bits per heavy atom. The van der Waals surface area contributed by atoms with E-state index in [0.29, 0.717) is 23.7 Å². The van der Waals surface area contributed by atoms with Gasteiger partial charge in [-0.25, -0.2) is 0 Å². The molecule has 2 aromatic rings. The minimum atomic E-state index is -0.324. The van der Waals surface area contributed by atoms with Crippen LogP contribution < -0.4 is 14.8 Å². The third-order valence-electron chi connectivity index (χ3n) is 2.78. The highest BCUT2D eigenvalue weighted by molar-refractivity contribution is 5.91. The molecular formula is C14H16N2O4. The van der Waals surface area contributed by atoms with Crippen molar-refractivity contribution in [3.05, 3.63) is 41.3 Å². The molecular weight excluding hydrogens is 260 g/mol. The van der Waals surface area contributed by atoms with Crippen molar-refractivity contribution in [2.24, 2.45) is 0 Å². The number of carbonyl (C=O) groups is 1. The number of hydrogen-bond acceptors (Lipinski definition) is 5.